The van der Waals surface area contributed by atoms with Gasteiger partial charge in [-0.15, -0.1) is 0 Å². The molecule has 2 aromatic rings. The van der Waals surface area contributed by atoms with Crippen LogP contribution in [-0.2, 0) is 0 Å². The van der Waals surface area contributed by atoms with Crippen LogP contribution in [0.5, 0.6) is 5.75 Å². The minimum absolute atomic E-state index is 0.251. The van der Waals surface area contributed by atoms with E-state index in [1.54, 1.807) is 11.7 Å². The number of para-hydroxylation sites is 1. The molecular weight excluding hydrogens is 207 g/mol. The maximum absolute atomic E-state index is 13.8. The summed E-state index contributed by atoms with van der Waals surface area (Å²) in [5, 5.41) is 0. The molecule has 1 aliphatic carbocycles. The van der Waals surface area contributed by atoms with Gasteiger partial charge in [-0.3, -0.25) is 4.57 Å². The fourth-order valence-electron chi connectivity index (χ4n) is 2.23. The minimum Gasteiger partial charge on any atom is -0.494 e. The van der Waals surface area contributed by atoms with Crippen molar-refractivity contribution in [2.75, 3.05) is 7.11 Å². The van der Waals surface area contributed by atoms with Crippen LogP contribution in [-0.4, -0.2) is 16.7 Å². The molecule has 4 heteroatoms. The summed E-state index contributed by atoms with van der Waals surface area (Å²) in [7, 11) is 1.60. The van der Waals surface area contributed by atoms with E-state index in [2.05, 4.69) is 4.98 Å². The molecule has 16 heavy (non-hydrogen) atoms. The van der Waals surface area contributed by atoms with Gasteiger partial charge in [0.05, 0.1) is 12.6 Å². The van der Waals surface area contributed by atoms with Gasteiger partial charge in [0.1, 0.15) is 11.3 Å². The first-order valence-electron chi connectivity index (χ1n) is 5.51. The van der Waals surface area contributed by atoms with Gasteiger partial charge in [-0.05, 0) is 31.4 Å². The SMILES string of the molecule is COc1cccc2nc(F)n(C3CCC3)c12. The number of hydrogen-bond donors (Lipinski definition) is 0. The van der Waals surface area contributed by atoms with Gasteiger partial charge < -0.3 is 4.74 Å². The highest BCUT2D eigenvalue weighted by atomic mass is 19.1. The van der Waals surface area contributed by atoms with Crippen LogP contribution in [0.25, 0.3) is 11.0 Å². The Labute approximate surface area is 92.8 Å². The molecule has 1 aromatic heterocycles. The number of fused-ring (bicyclic) bond motifs is 1. The number of methoxy groups -OCH3 is 1. The largest absolute Gasteiger partial charge is 0.494 e. The third kappa shape index (κ3) is 1.22. The summed E-state index contributed by atoms with van der Waals surface area (Å²) < 4.78 is 20.7. The molecule has 0 atom stereocenters. The molecule has 84 valence electrons. The normalized spacial score (nSPS) is 16.4. The van der Waals surface area contributed by atoms with Crippen molar-refractivity contribution in [2.45, 2.75) is 25.3 Å². The van der Waals surface area contributed by atoms with E-state index in [0.717, 1.165) is 18.4 Å². The molecule has 0 amide bonds. The summed E-state index contributed by atoms with van der Waals surface area (Å²) in [4.78, 5) is 3.94. The number of ether oxygens (including phenoxy) is 1. The monoisotopic (exact) mass is 220 g/mol. The van der Waals surface area contributed by atoms with Gasteiger partial charge in [0.25, 0.3) is 6.08 Å². The van der Waals surface area contributed by atoms with Crippen LogP contribution in [0.15, 0.2) is 18.2 Å². The van der Waals surface area contributed by atoms with Crippen molar-refractivity contribution >= 4 is 11.0 Å². The zero-order valence-corrected chi connectivity index (χ0v) is 9.11. The molecule has 0 spiro atoms. The fraction of sp³-hybridized carbons (Fsp3) is 0.417. The molecular formula is C12H13FN2O. The molecule has 0 bridgehead atoms. The average Bonchev–Trinajstić information content (AvgIpc) is 2.53. The van der Waals surface area contributed by atoms with E-state index in [9.17, 15) is 4.39 Å². The highest BCUT2D eigenvalue weighted by Gasteiger charge is 2.26. The Kier molecular flexibility index (Phi) is 2.09. The Bertz CT molecular complexity index is 531. The molecule has 0 N–H and O–H groups in total. The van der Waals surface area contributed by atoms with Crippen molar-refractivity contribution < 1.29 is 9.13 Å². The second-order valence-corrected chi connectivity index (χ2v) is 4.16. The lowest BCUT2D eigenvalue weighted by molar-refractivity contribution is 0.282. The van der Waals surface area contributed by atoms with Gasteiger partial charge >= 0.3 is 0 Å². The topological polar surface area (TPSA) is 27.1 Å². The van der Waals surface area contributed by atoms with Crippen LogP contribution in [0.4, 0.5) is 4.39 Å². The van der Waals surface area contributed by atoms with Crippen LogP contribution in [0.3, 0.4) is 0 Å². The number of aromatic nitrogens is 2. The van der Waals surface area contributed by atoms with Crippen LogP contribution in [0.2, 0.25) is 0 Å². The van der Waals surface area contributed by atoms with Gasteiger partial charge in [0, 0.05) is 6.04 Å². The second-order valence-electron chi connectivity index (χ2n) is 4.16. The summed E-state index contributed by atoms with van der Waals surface area (Å²) in [6.07, 6.45) is 2.82. The summed E-state index contributed by atoms with van der Waals surface area (Å²) in [6.45, 7) is 0. The maximum Gasteiger partial charge on any atom is 0.290 e. The molecule has 0 saturated heterocycles. The molecule has 1 fully saturated rings. The Morgan fingerprint density at radius 1 is 1.44 bits per heavy atom. The highest BCUT2D eigenvalue weighted by molar-refractivity contribution is 5.82. The minimum atomic E-state index is -0.399. The summed E-state index contributed by atoms with van der Waals surface area (Å²) in [5.74, 6) is 0.695. The van der Waals surface area contributed by atoms with Crippen molar-refractivity contribution in [2.24, 2.45) is 0 Å². The molecule has 3 rings (SSSR count). The number of nitrogens with zero attached hydrogens (tertiary/aromatic N) is 2. The zero-order chi connectivity index (χ0) is 11.1. The number of imidazole rings is 1. The molecule has 1 aliphatic rings. The third-order valence-corrected chi connectivity index (χ3v) is 3.29. The van der Waals surface area contributed by atoms with E-state index in [-0.39, 0.29) is 6.04 Å². The summed E-state index contributed by atoms with van der Waals surface area (Å²) in [5.41, 5.74) is 1.45. The van der Waals surface area contributed by atoms with Gasteiger partial charge in [0.2, 0.25) is 0 Å². The van der Waals surface area contributed by atoms with E-state index in [1.807, 2.05) is 18.2 Å². The Hall–Kier alpha value is -1.58. The van der Waals surface area contributed by atoms with Crippen LogP contribution < -0.4 is 4.74 Å². The van der Waals surface area contributed by atoms with Crippen LogP contribution in [0.1, 0.15) is 25.3 Å². The Balaban J connectivity index is 2.27. The lowest BCUT2D eigenvalue weighted by atomic mass is 9.93. The van der Waals surface area contributed by atoms with Crippen molar-refractivity contribution in [3.05, 3.63) is 24.3 Å². The van der Waals surface area contributed by atoms with Crippen LogP contribution in [0, 0.1) is 6.08 Å². The first kappa shape index (κ1) is 9.63. The zero-order valence-electron chi connectivity index (χ0n) is 9.11. The molecule has 1 aromatic carbocycles. The van der Waals surface area contributed by atoms with Gasteiger partial charge in [-0.1, -0.05) is 6.07 Å². The first-order chi connectivity index (χ1) is 7.81. The fourth-order valence-corrected chi connectivity index (χ4v) is 2.23. The quantitative estimate of drug-likeness (QED) is 0.778. The molecule has 1 heterocycles. The summed E-state index contributed by atoms with van der Waals surface area (Å²) in [6, 6.07) is 5.74. The highest BCUT2D eigenvalue weighted by Crippen LogP contribution is 2.37. The number of halogens is 1. The van der Waals surface area contributed by atoms with E-state index in [4.69, 9.17) is 4.74 Å². The van der Waals surface area contributed by atoms with Crippen LogP contribution >= 0.6 is 0 Å². The lowest BCUT2D eigenvalue weighted by Gasteiger charge is -2.27. The maximum atomic E-state index is 13.8. The van der Waals surface area contributed by atoms with E-state index in [0.29, 0.717) is 11.3 Å². The van der Waals surface area contributed by atoms with Crippen molar-refractivity contribution in [1.29, 1.82) is 0 Å². The van der Waals surface area contributed by atoms with Gasteiger partial charge in [-0.2, -0.15) is 4.39 Å². The molecule has 0 aliphatic heterocycles. The number of benzene rings is 1. The lowest BCUT2D eigenvalue weighted by Crippen LogP contribution is -2.18. The summed E-state index contributed by atoms with van der Waals surface area (Å²) >= 11 is 0. The molecule has 3 nitrogen and oxygen atoms in total. The van der Waals surface area contributed by atoms with Crippen molar-refractivity contribution in [3.8, 4) is 5.75 Å². The van der Waals surface area contributed by atoms with E-state index in [1.165, 1.54) is 6.42 Å². The van der Waals surface area contributed by atoms with Gasteiger partial charge in [0.15, 0.2) is 0 Å². The predicted octanol–water partition coefficient (Wildman–Crippen LogP) is 2.91. The smallest absolute Gasteiger partial charge is 0.290 e. The standard InChI is InChI=1S/C12H13FN2O/c1-16-10-7-3-6-9-11(10)15(12(13)14-9)8-4-2-5-8/h3,6-8H,2,4-5H2,1H3. The van der Waals surface area contributed by atoms with E-state index >= 15 is 0 Å². The van der Waals surface area contributed by atoms with Gasteiger partial charge in [-0.25, -0.2) is 4.98 Å². The number of rotatable bonds is 2. The molecule has 0 radical (unpaired) electrons. The average molecular weight is 220 g/mol. The predicted molar refractivity (Wildman–Crippen MR) is 59.1 cm³/mol. The Morgan fingerprint density at radius 2 is 2.25 bits per heavy atom. The number of hydrogen-bond acceptors (Lipinski definition) is 2. The molecule has 0 unspecified atom stereocenters. The van der Waals surface area contributed by atoms with Crippen molar-refractivity contribution in [3.63, 3.8) is 0 Å². The second kappa shape index (κ2) is 3.47. The van der Waals surface area contributed by atoms with Crippen molar-refractivity contribution in [1.82, 2.24) is 9.55 Å². The third-order valence-electron chi connectivity index (χ3n) is 3.29. The Morgan fingerprint density at radius 3 is 2.88 bits per heavy atom. The molecule has 1 saturated carbocycles. The van der Waals surface area contributed by atoms with E-state index < -0.39 is 6.08 Å². The first-order valence-corrected chi connectivity index (χ1v) is 5.51.